The van der Waals surface area contributed by atoms with Crippen molar-refractivity contribution in [1.29, 1.82) is 0 Å². The number of rotatable bonds is 8. The van der Waals surface area contributed by atoms with Gasteiger partial charge in [-0.1, -0.05) is 72.8 Å². The highest BCUT2D eigenvalue weighted by Crippen LogP contribution is 2.37. The summed E-state index contributed by atoms with van der Waals surface area (Å²) < 4.78 is 12.3. The summed E-state index contributed by atoms with van der Waals surface area (Å²) in [6, 6.07) is 27.1. The molecule has 4 aromatic carbocycles. The number of ether oxygens (including phenoxy) is 2. The lowest BCUT2D eigenvalue weighted by Crippen LogP contribution is -2.37. The van der Waals surface area contributed by atoms with Crippen LogP contribution in [0.2, 0.25) is 0 Å². The van der Waals surface area contributed by atoms with Crippen molar-refractivity contribution in [2.24, 2.45) is 5.10 Å². The van der Waals surface area contributed by atoms with Gasteiger partial charge in [0.25, 0.3) is 0 Å². The molecule has 0 radical (unpaired) electrons. The van der Waals surface area contributed by atoms with E-state index in [1.807, 2.05) is 54.6 Å². The molecule has 2 N–H and O–H groups in total. The van der Waals surface area contributed by atoms with Gasteiger partial charge in [-0.15, -0.1) is 0 Å². The number of nitrogens with one attached hydrogen (secondary N) is 2. The lowest BCUT2D eigenvalue weighted by molar-refractivity contribution is -0.139. The number of carbonyl (C=O) groups excluding carboxylic acids is 2. The third-order valence-corrected chi connectivity index (χ3v) is 5.97. The first kappa shape index (κ1) is 24.9. The molecule has 0 bridgehead atoms. The number of methoxy groups -OCH3 is 1. The maximum atomic E-state index is 12.0. The number of hydrazone groups is 1. The van der Waals surface area contributed by atoms with E-state index in [-0.39, 0.29) is 6.54 Å². The van der Waals surface area contributed by atoms with Crippen molar-refractivity contribution < 1.29 is 19.1 Å². The van der Waals surface area contributed by atoms with Crippen LogP contribution in [0.3, 0.4) is 0 Å². The second-order valence-corrected chi connectivity index (χ2v) is 8.68. The van der Waals surface area contributed by atoms with E-state index in [4.69, 9.17) is 9.47 Å². The predicted octanol–water partition coefficient (Wildman–Crippen LogP) is 4.96. The molecule has 0 fully saturated rings. The molecular formula is C28H24BrN3O4. The fraction of sp³-hybridized carbons (Fsp3) is 0.107. The van der Waals surface area contributed by atoms with Crippen molar-refractivity contribution in [2.75, 3.05) is 7.11 Å². The fourth-order valence-corrected chi connectivity index (χ4v) is 4.17. The Balaban J connectivity index is 1.38. The monoisotopic (exact) mass is 545 g/mol. The lowest BCUT2D eigenvalue weighted by Gasteiger charge is -2.14. The van der Waals surface area contributed by atoms with Crippen molar-refractivity contribution in [3.63, 3.8) is 0 Å². The third-order valence-electron chi connectivity index (χ3n) is 5.39. The average molecular weight is 546 g/mol. The molecule has 0 atom stereocenters. The summed E-state index contributed by atoms with van der Waals surface area (Å²) in [4.78, 5) is 24.0. The quantitative estimate of drug-likeness (QED) is 0.186. The van der Waals surface area contributed by atoms with E-state index in [0.717, 1.165) is 21.9 Å². The summed E-state index contributed by atoms with van der Waals surface area (Å²) >= 11 is 3.53. The zero-order valence-corrected chi connectivity index (χ0v) is 21.1. The van der Waals surface area contributed by atoms with Gasteiger partial charge >= 0.3 is 11.8 Å². The number of carbonyl (C=O) groups is 2. The molecule has 0 aliphatic carbocycles. The summed E-state index contributed by atoms with van der Waals surface area (Å²) in [7, 11) is 1.55. The molecule has 0 unspecified atom stereocenters. The predicted molar refractivity (Wildman–Crippen MR) is 143 cm³/mol. The molecule has 0 saturated carbocycles. The molecule has 2 amide bonds. The topological polar surface area (TPSA) is 89.0 Å². The molecule has 8 heteroatoms. The molecule has 4 rings (SSSR count). The first-order valence-electron chi connectivity index (χ1n) is 11.2. The first-order chi connectivity index (χ1) is 17.5. The number of nitrogens with zero attached hydrogens (tertiary/aromatic N) is 1. The molecular weight excluding hydrogens is 522 g/mol. The van der Waals surface area contributed by atoms with E-state index in [2.05, 4.69) is 50.0 Å². The molecule has 7 nitrogen and oxygen atoms in total. The number of hydrogen-bond donors (Lipinski definition) is 2. The van der Waals surface area contributed by atoms with Crippen molar-refractivity contribution in [2.45, 2.75) is 13.2 Å². The zero-order valence-electron chi connectivity index (χ0n) is 19.5. The largest absolute Gasteiger partial charge is 0.493 e. The van der Waals surface area contributed by atoms with Crippen LogP contribution in [0, 0.1) is 0 Å². The van der Waals surface area contributed by atoms with E-state index >= 15 is 0 Å². The van der Waals surface area contributed by atoms with Crippen LogP contribution in [0.4, 0.5) is 0 Å². The van der Waals surface area contributed by atoms with Crippen LogP contribution >= 0.6 is 15.9 Å². The van der Waals surface area contributed by atoms with Gasteiger partial charge in [0.15, 0.2) is 11.5 Å². The second kappa shape index (κ2) is 12.0. The zero-order chi connectivity index (χ0) is 25.3. The number of fused-ring (bicyclic) bond motifs is 1. The van der Waals surface area contributed by atoms with Crippen molar-refractivity contribution in [3.8, 4) is 11.5 Å². The van der Waals surface area contributed by atoms with Gasteiger partial charge in [-0.25, -0.2) is 5.43 Å². The van der Waals surface area contributed by atoms with Gasteiger partial charge in [-0.2, -0.15) is 5.10 Å². The number of benzene rings is 4. The lowest BCUT2D eigenvalue weighted by atomic mass is 10.1. The molecule has 0 aliphatic rings. The maximum absolute atomic E-state index is 12.0. The van der Waals surface area contributed by atoms with Crippen LogP contribution in [0.5, 0.6) is 11.5 Å². The number of hydrogen-bond acceptors (Lipinski definition) is 5. The summed E-state index contributed by atoms with van der Waals surface area (Å²) in [6.45, 7) is 0.610. The summed E-state index contributed by atoms with van der Waals surface area (Å²) in [5.74, 6) is -0.583. The highest BCUT2D eigenvalue weighted by atomic mass is 79.9. The molecule has 36 heavy (non-hydrogen) atoms. The van der Waals surface area contributed by atoms with Crippen LogP contribution in [0.25, 0.3) is 10.8 Å². The van der Waals surface area contributed by atoms with Gasteiger partial charge in [0.05, 0.1) is 17.8 Å². The van der Waals surface area contributed by atoms with Gasteiger partial charge in [0.1, 0.15) is 6.61 Å². The van der Waals surface area contributed by atoms with E-state index in [0.29, 0.717) is 28.1 Å². The first-order valence-corrected chi connectivity index (χ1v) is 12.0. The summed E-state index contributed by atoms with van der Waals surface area (Å²) in [5, 5.41) is 8.71. The molecule has 4 aromatic rings. The van der Waals surface area contributed by atoms with Crippen molar-refractivity contribution in [3.05, 3.63) is 106 Å². The molecule has 182 valence electrons. The minimum atomic E-state index is -0.858. The van der Waals surface area contributed by atoms with E-state index < -0.39 is 11.8 Å². The Bertz CT molecular complexity index is 1400. The van der Waals surface area contributed by atoms with Gasteiger partial charge in [0.2, 0.25) is 0 Å². The van der Waals surface area contributed by atoms with Gasteiger partial charge in [-0.3, -0.25) is 9.59 Å². The van der Waals surface area contributed by atoms with Crippen LogP contribution in [0.15, 0.2) is 94.5 Å². The Hall–Kier alpha value is -4.17. The standard InChI is InChI=1S/C28H24BrN3O4/c1-35-25-15-20(17-31-32-28(34)27(33)30-16-19-8-3-2-4-9-19)14-24(29)26(25)36-18-22-12-7-11-21-10-5-6-13-23(21)22/h2-15,17H,16,18H2,1H3,(H,30,33)(H,32,34)/b31-17+. The Morgan fingerprint density at radius 2 is 1.69 bits per heavy atom. The Morgan fingerprint density at radius 1 is 0.944 bits per heavy atom. The van der Waals surface area contributed by atoms with Crippen LogP contribution in [-0.4, -0.2) is 25.1 Å². The Morgan fingerprint density at radius 3 is 2.50 bits per heavy atom. The minimum Gasteiger partial charge on any atom is -0.493 e. The number of amides is 2. The number of halogens is 1. The Labute approximate surface area is 217 Å². The van der Waals surface area contributed by atoms with Crippen LogP contribution in [0.1, 0.15) is 16.7 Å². The van der Waals surface area contributed by atoms with E-state index in [1.165, 1.54) is 6.21 Å². The summed E-state index contributed by atoms with van der Waals surface area (Å²) in [6.07, 6.45) is 1.42. The normalized spacial score (nSPS) is 10.8. The molecule has 0 aromatic heterocycles. The molecule has 0 aliphatic heterocycles. The van der Waals surface area contributed by atoms with E-state index in [9.17, 15) is 9.59 Å². The fourth-order valence-electron chi connectivity index (χ4n) is 3.60. The smallest absolute Gasteiger partial charge is 0.329 e. The maximum Gasteiger partial charge on any atom is 0.329 e. The highest BCUT2D eigenvalue weighted by molar-refractivity contribution is 9.10. The van der Waals surface area contributed by atoms with Crippen LogP contribution in [-0.2, 0) is 22.7 Å². The third kappa shape index (κ3) is 6.28. The Kier molecular flexibility index (Phi) is 8.31. The van der Waals surface area contributed by atoms with Crippen molar-refractivity contribution in [1.82, 2.24) is 10.7 Å². The minimum absolute atomic E-state index is 0.251. The van der Waals surface area contributed by atoms with Gasteiger partial charge in [-0.05, 0) is 55.5 Å². The molecule has 0 heterocycles. The molecule has 0 spiro atoms. The van der Waals surface area contributed by atoms with Crippen LogP contribution < -0.4 is 20.2 Å². The van der Waals surface area contributed by atoms with Crippen molar-refractivity contribution >= 4 is 44.7 Å². The average Bonchev–Trinajstić information content (AvgIpc) is 2.91. The van der Waals surface area contributed by atoms with Gasteiger partial charge in [0, 0.05) is 6.54 Å². The van der Waals surface area contributed by atoms with E-state index in [1.54, 1.807) is 19.2 Å². The molecule has 0 saturated heterocycles. The highest BCUT2D eigenvalue weighted by Gasteiger charge is 2.14. The second-order valence-electron chi connectivity index (χ2n) is 7.83. The summed E-state index contributed by atoms with van der Waals surface area (Å²) in [5.41, 5.74) is 4.82. The van der Waals surface area contributed by atoms with Gasteiger partial charge < -0.3 is 14.8 Å². The SMILES string of the molecule is COc1cc(/C=N/NC(=O)C(=O)NCc2ccccc2)cc(Br)c1OCc1cccc2ccccc12.